The van der Waals surface area contributed by atoms with Gasteiger partial charge in [-0.2, -0.15) is 0 Å². The SMILES string of the molecule is [C-]#[N+]c1ccc(-n2c3ccccc3c3c4c5ccccc5oc4c4c(c5ccccc5n4-c4ccccc4)c32)cc1. The number of hydrogen-bond acceptors (Lipinski definition) is 1. The first-order valence-corrected chi connectivity index (χ1v) is 13.7. The van der Waals surface area contributed by atoms with E-state index in [2.05, 4.69) is 123 Å². The Kier molecular flexibility index (Phi) is 4.37. The van der Waals surface area contributed by atoms with Crippen LogP contribution < -0.4 is 0 Å². The quantitative estimate of drug-likeness (QED) is 0.207. The third-order valence-corrected chi connectivity index (χ3v) is 8.30. The fourth-order valence-electron chi connectivity index (χ4n) is 6.67. The molecule has 0 atom stereocenters. The second-order valence-corrected chi connectivity index (χ2v) is 10.4. The Labute approximate surface area is 234 Å². The normalized spacial score (nSPS) is 11.9. The first-order valence-electron chi connectivity index (χ1n) is 13.7. The van der Waals surface area contributed by atoms with E-state index in [-0.39, 0.29) is 0 Å². The number of furan rings is 1. The molecule has 0 amide bonds. The van der Waals surface area contributed by atoms with E-state index in [1.165, 1.54) is 16.2 Å². The van der Waals surface area contributed by atoms with Gasteiger partial charge in [-0.15, -0.1) is 0 Å². The van der Waals surface area contributed by atoms with E-state index in [0.717, 1.165) is 60.8 Å². The minimum absolute atomic E-state index is 0.628. The van der Waals surface area contributed by atoms with Gasteiger partial charge in [-0.1, -0.05) is 84.9 Å². The second kappa shape index (κ2) is 8.11. The molecular weight excluding hydrogens is 502 g/mol. The Hall–Kier alpha value is -5.79. The molecule has 0 spiro atoms. The summed E-state index contributed by atoms with van der Waals surface area (Å²) in [5.74, 6) is 0. The molecule has 3 aromatic heterocycles. The van der Waals surface area contributed by atoms with Crippen molar-refractivity contribution in [3.05, 3.63) is 139 Å². The monoisotopic (exact) mass is 523 g/mol. The molecule has 0 unspecified atom stereocenters. The smallest absolute Gasteiger partial charge is 0.187 e. The second-order valence-electron chi connectivity index (χ2n) is 10.4. The van der Waals surface area contributed by atoms with Crippen molar-refractivity contribution in [2.24, 2.45) is 0 Å². The maximum atomic E-state index is 7.49. The van der Waals surface area contributed by atoms with E-state index in [1.54, 1.807) is 0 Å². The summed E-state index contributed by atoms with van der Waals surface area (Å²) in [6.45, 7) is 7.49. The molecule has 0 N–H and O–H groups in total. The highest BCUT2D eigenvalue weighted by Crippen LogP contribution is 2.49. The summed E-state index contributed by atoms with van der Waals surface area (Å²) in [5.41, 5.74) is 8.94. The van der Waals surface area contributed by atoms with Gasteiger partial charge in [0.05, 0.1) is 28.6 Å². The largest absolute Gasteiger partial charge is 0.454 e. The van der Waals surface area contributed by atoms with Crippen LogP contribution in [0.5, 0.6) is 0 Å². The van der Waals surface area contributed by atoms with Crippen molar-refractivity contribution in [3.8, 4) is 11.4 Å². The Morgan fingerprint density at radius 3 is 1.76 bits per heavy atom. The predicted molar refractivity (Wildman–Crippen MR) is 169 cm³/mol. The lowest BCUT2D eigenvalue weighted by atomic mass is 10.0. The van der Waals surface area contributed by atoms with Crippen LogP contribution in [0.1, 0.15) is 0 Å². The summed E-state index contributed by atoms with van der Waals surface area (Å²) >= 11 is 0. The van der Waals surface area contributed by atoms with E-state index >= 15 is 0 Å². The van der Waals surface area contributed by atoms with Gasteiger partial charge < -0.3 is 13.6 Å². The lowest BCUT2D eigenvalue weighted by Gasteiger charge is -2.11. The van der Waals surface area contributed by atoms with E-state index in [0.29, 0.717) is 5.69 Å². The fraction of sp³-hybridized carbons (Fsp3) is 0. The van der Waals surface area contributed by atoms with Crippen molar-refractivity contribution < 1.29 is 4.42 Å². The molecule has 0 saturated carbocycles. The zero-order valence-electron chi connectivity index (χ0n) is 21.9. The molecule has 6 aromatic carbocycles. The number of fused-ring (bicyclic) bond motifs is 12. The van der Waals surface area contributed by atoms with Crippen LogP contribution in [0.25, 0.3) is 81.8 Å². The molecular formula is C37H21N3O. The van der Waals surface area contributed by atoms with Crippen molar-refractivity contribution in [1.29, 1.82) is 0 Å². The van der Waals surface area contributed by atoms with E-state index in [4.69, 9.17) is 11.0 Å². The first kappa shape index (κ1) is 22.1. The number of nitrogens with zero attached hydrogens (tertiary/aromatic N) is 3. The van der Waals surface area contributed by atoms with Gasteiger partial charge in [-0.3, -0.25) is 0 Å². The highest BCUT2D eigenvalue weighted by atomic mass is 16.3. The van der Waals surface area contributed by atoms with Gasteiger partial charge in [0.25, 0.3) is 0 Å². The predicted octanol–water partition coefficient (Wildman–Crippen LogP) is 10.3. The number of aromatic nitrogens is 2. The topological polar surface area (TPSA) is 27.4 Å². The zero-order valence-corrected chi connectivity index (χ0v) is 21.9. The summed E-state index contributed by atoms with van der Waals surface area (Å²) in [5, 5.41) is 6.89. The van der Waals surface area contributed by atoms with Crippen LogP contribution in [-0.4, -0.2) is 9.13 Å². The lowest BCUT2D eigenvalue weighted by molar-refractivity contribution is 0.671. The van der Waals surface area contributed by atoms with Gasteiger partial charge in [0.2, 0.25) is 0 Å². The average molecular weight is 524 g/mol. The molecule has 9 aromatic rings. The molecule has 0 aliphatic rings. The third-order valence-electron chi connectivity index (χ3n) is 8.30. The molecule has 9 rings (SSSR count). The zero-order chi connectivity index (χ0) is 27.1. The molecule has 3 heterocycles. The Morgan fingerprint density at radius 2 is 1.05 bits per heavy atom. The maximum absolute atomic E-state index is 7.49. The van der Waals surface area contributed by atoms with Gasteiger partial charge in [0.15, 0.2) is 11.3 Å². The Morgan fingerprint density at radius 1 is 0.488 bits per heavy atom. The van der Waals surface area contributed by atoms with Crippen LogP contribution in [0.15, 0.2) is 132 Å². The minimum Gasteiger partial charge on any atom is -0.454 e. The fourth-order valence-corrected chi connectivity index (χ4v) is 6.67. The summed E-state index contributed by atoms with van der Waals surface area (Å²) in [7, 11) is 0. The minimum atomic E-state index is 0.628. The van der Waals surface area contributed by atoms with Crippen molar-refractivity contribution in [1.82, 2.24) is 9.13 Å². The molecule has 0 aliphatic heterocycles. The molecule has 0 saturated heterocycles. The standard InChI is InChI=1S/C37H21N3O/c1-38-23-19-21-25(22-20-23)39-29-16-8-5-13-26(29)32-33-28-15-7-10-18-31(28)41-37(33)36-34(35(32)39)27-14-6-9-17-30(27)40(36)24-11-3-2-4-12-24/h2-22H. The van der Waals surface area contributed by atoms with Gasteiger partial charge in [0, 0.05) is 43.7 Å². The van der Waals surface area contributed by atoms with Gasteiger partial charge in [0.1, 0.15) is 5.58 Å². The molecule has 190 valence electrons. The highest BCUT2D eigenvalue weighted by Gasteiger charge is 2.27. The highest BCUT2D eigenvalue weighted by molar-refractivity contribution is 6.39. The van der Waals surface area contributed by atoms with Crippen molar-refractivity contribution in [2.45, 2.75) is 0 Å². The summed E-state index contributed by atoms with van der Waals surface area (Å²) in [6.07, 6.45) is 0. The molecule has 0 bridgehead atoms. The Bertz CT molecular complexity index is 2520. The van der Waals surface area contributed by atoms with E-state index < -0.39 is 0 Å². The van der Waals surface area contributed by atoms with Crippen LogP contribution in [0.3, 0.4) is 0 Å². The molecule has 4 heteroatoms. The van der Waals surface area contributed by atoms with Crippen molar-refractivity contribution in [2.75, 3.05) is 0 Å². The number of benzene rings is 6. The van der Waals surface area contributed by atoms with Crippen LogP contribution in [0.2, 0.25) is 0 Å². The molecule has 0 fully saturated rings. The van der Waals surface area contributed by atoms with Crippen LogP contribution in [0, 0.1) is 6.57 Å². The van der Waals surface area contributed by atoms with Crippen LogP contribution >= 0.6 is 0 Å². The van der Waals surface area contributed by atoms with Crippen LogP contribution in [-0.2, 0) is 0 Å². The van der Waals surface area contributed by atoms with Gasteiger partial charge in [-0.25, -0.2) is 4.85 Å². The first-order chi connectivity index (χ1) is 20.3. The van der Waals surface area contributed by atoms with Gasteiger partial charge >= 0.3 is 0 Å². The van der Waals surface area contributed by atoms with Crippen molar-refractivity contribution >= 4 is 71.2 Å². The molecule has 0 radical (unpaired) electrons. The molecule has 41 heavy (non-hydrogen) atoms. The molecule has 4 nitrogen and oxygen atoms in total. The number of para-hydroxylation sites is 4. The lowest BCUT2D eigenvalue weighted by Crippen LogP contribution is -1.95. The van der Waals surface area contributed by atoms with Crippen LogP contribution in [0.4, 0.5) is 5.69 Å². The summed E-state index contributed by atoms with van der Waals surface area (Å²) in [4.78, 5) is 3.64. The summed E-state index contributed by atoms with van der Waals surface area (Å²) in [6, 6.07) is 44.0. The van der Waals surface area contributed by atoms with Crippen molar-refractivity contribution in [3.63, 3.8) is 0 Å². The Balaban J connectivity index is 1.66. The van der Waals surface area contributed by atoms with E-state index in [1.807, 2.05) is 18.2 Å². The number of rotatable bonds is 2. The molecule has 0 aliphatic carbocycles. The average Bonchev–Trinajstić information content (AvgIpc) is 3.69. The third kappa shape index (κ3) is 2.87. The summed E-state index contributed by atoms with van der Waals surface area (Å²) < 4.78 is 11.5. The maximum Gasteiger partial charge on any atom is 0.187 e. The van der Waals surface area contributed by atoms with E-state index in [9.17, 15) is 0 Å². The number of hydrogen-bond donors (Lipinski definition) is 0. The van der Waals surface area contributed by atoms with Gasteiger partial charge in [-0.05, 0) is 42.5 Å².